The summed E-state index contributed by atoms with van der Waals surface area (Å²) in [5.74, 6) is -1.25. The highest BCUT2D eigenvalue weighted by Crippen LogP contribution is 2.30. The van der Waals surface area contributed by atoms with Gasteiger partial charge in [-0.1, -0.05) is 0 Å². The van der Waals surface area contributed by atoms with Gasteiger partial charge in [-0.2, -0.15) is 13.2 Å². The SMILES string of the molecule is C[C@H](Nc1nc(C(F)(F)F)ccc1I)C(=O)O. The summed E-state index contributed by atoms with van der Waals surface area (Å²) in [6.07, 6.45) is -4.55. The van der Waals surface area contributed by atoms with E-state index in [1.54, 1.807) is 22.6 Å². The van der Waals surface area contributed by atoms with Gasteiger partial charge in [-0.25, -0.2) is 4.98 Å². The summed E-state index contributed by atoms with van der Waals surface area (Å²) >= 11 is 1.78. The normalized spacial score (nSPS) is 13.2. The zero-order valence-electron chi connectivity index (χ0n) is 8.55. The average molecular weight is 360 g/mol. The molecule has 1 aromatic rings. The topological polar surface area (TPSA) is 62.2 Å². The van der Waals surface area contributed by atoms with Crippen molar-refractivity contribution in [3.05, 3.63) is 21.4 Å². The first kappa shape index (κ1) is 14.0. The van der Waals surface area contributed by atoms with Crippen molar-refractivity contribution in [2.75, 3.05) is 5.32 Å². The van der Waals surface area contributed by atoms with E-state index in [2.05, 4.69) is 10.3 Å². The molecular formula is C9H8F3IN2O2. The Kier molecular flexibility index (Phi) is 4.17. The van der Waals surface area contributed by atoms with Crippen molar-refractivity contribution in [3.8, 4) is 0 Å². The van der Waals surface area contributed by atoms with Gasteiger partial charge in [0.05, 0.1) is 3.57 Å². The molecule has 0 fully saturated rings. The number of halogens is 4. The summed E-state index contributed by atoms with van der Waals surface area (Å²) in [7, 11) is 0. The summed E-state index contributed by atoms with van der Waals surface area (Å²) in [5.41, 5.74) is -1.06. The maximum Gasteiger partial charge on any atom is 0.433 e. The molecule has 17 heavy (non-hydrogen) atoms. The number of rotatable bonds is 3. The van der Waals surface area contributed by atoms with E-state index in [0.29, 0.717) is 3.57 Å². The minimum absolute atomic E-state index is 0.0877. The van der Waals surface area contributed by atoms with Gasteiger partial charge in [-0.15, -0.1) is 0 Å². The largest absolute Gasteiger partial charge is 0.480 e. The predicted octanol–water partition coefficient (Wildman–Crippen LogP) is 2.59. The average Bonchev–Trinajstić information content (AvgIpc) is 2.19. The van der Waals surface area contributed by atoms with Crippen LogP contribution in [0.5, 0.6) is 0 Å². The second-order valence-electron chi connectivity index (χ2n) is 3.23. The van der Waals surface area contributed by atoms with Crippen molar-refractivity contribution < 1.29 is 23.1 Å². The van der Waals surface area contributed by atoms with Crippen molar-refractivity contribution in [2.24, 2.45) is 0 Å². The van der Waals surface area contributed by atoms with Gasteiger partial charge in [-0.05, 0) is 41.6 Å². The van der Waals surface area contributed by atoms with Crippen LogP contribution in [-0.2, 0) is 11.0 Å². The van der Waals surface area contributed by atoms with Crippen LogP contribution in [0.4, 0.5) is 19.0 Å². The second-order valence-corrected chi connectivity index (χ2v) is 4.39. The number of aromatic nitrogens is 1. The molecular weight excluding hydrogens is 352 g/mol. The van der Waals surface area contributed by atoms with Gasteiger partial charge < -0.3 is 10.4 Å². The van der Waals surface area contributed by atoms with Gasteiger partial charge in [-0.3, -0.25) is 4.79 Å². The van der Waals surface area contributed by atoms with E-state index in [4.69, 9.17) is 5.11 Å². The zero-order chi connectivity index (χ0) is 13.2. The van der Waals surface area contributed by atoms with E-state index < -0.39 is 23.9 Å². The molecule has 0 amide bonds. The van der Waals surface area contributed by atoms with Crippen LogP contribution in [0, 0.1) is 3.57 Å². The van der Waals surface area contributed by atoms with Crippen LogP contribution >= 0.6 is 22.6 Å². The third-order valence-corrected chi connectivity index (χ3v) is 2.73. The molecule has 0 aliphatic carbocycles. The maximum atomic E-state index is 12.4. The Morgan fingerprint density at radius 1 is 1.53 bits per heavy atom. The number of carboxylic acids is 1. The monoisotopic (exact) mass is 360 g/mol. The van der Waals surface area contributed by atoms with Gasteiger partial charge in [0, 0.05) is 0 Å². The number of alkyl halides is 3. The number of carbonyl (C=O) groups is 1. The summed E-state index contributed by atoms with van der Waals surface area (Å²) in [4.78, 5) is 13.9. The van der Waals surface area contributed by atoms with Gasteiger partial charge in [0.15, 0.2) is 0 Å². The Morgan fingerprint density at radius 3 is 2.59 bits per heavy atom. The number of nitrogens with one attached hydrogen (secondary N) is 1. The number of aliphatic carboxylic acids is 1. The van der Waals surface area contributed by atoms with Crippen molar-refractivity contribution in [1.82, 2.24) is 4.98 Å². The molecule has 1 rings (SSSR count). The highest BCUT2D eigenvalue weighted by Gasteiger charge is 2.33. The molecule has 0 unspecified atom stereocenters. The maximum absolute atomic E-state index is 12.4. The van der Waals surface area contributed by atoms with Crippen LogP contribution in [0.1, 0.15) is 12.6 Å². The molecule has 0 aromatic carbocycles. The number of nitrogens with zero attached hydrogens (tertiary/aromatic N) is 1. The number of hydrogen-bond donors (Lipinski definition) is 2. The van der Waals surface area contributed by atoms with E-state index in [-0.39, 0.29) is 5.82 Å². The van der Waals surface area contributed by atoms with Crippen LogP contribution < -0.4 is 5.32 Å². The fourth-order valence-electron chi connectivity index (χ4n) is 0.968. The minimum atomic E-state index is -4.55. The Balaban J connectivity index is 3.03. The first-order valence-electron chi connectivity index (χ1n) is 4.45. The molecule has 1 heterocycles. The molecule has 0 spiro atoms. The Hall–Kier alpha value is -1.06. The summed E-state index contributed by atoms with van der Waals surface area (Å²) in [6, 6.07) is 1.06. The molecule has 1 atom stereocenters. The van der Waals surface area contributed by atoms with Crippen LogP contribution in [-0.4, -0.2) is 22.1 Å². The summed E-state index contributed by atoms with van der Waals surface area (Å²) in [5, 5.41) is 11.1. The quantitative estimate of drug-likeness (QED) is 0.814. The molecule has 0 bridgehead atoms. The van der Waals surface area contributed by atoms with E-state index in [1.165, 1.54) is 13.0 Å². The van der Waals surface area contributed by atoms with E-state index in [9.17, 15) is 18.0 Å². The minimum Gasteiger partial charge on any atom is -0.480 e. The number of carboxylic acid groups (broad SMARTS) is 1. The first-order valence-corrected chi connectivity index (χ1v) is 5.53. The van der Waals surface area contributed by atoms with Crippen molar-refractivity contribution in [2.45, 2.75) is 19.1 Å². The lowest BCUT2D eigenvalue weighted by Crippen LogP contribution is -2.27. The van der Waals surface area contributed by atoms with E-state index in [0.717, 1.165) is 6.07 Å². The molecule has 0 saturated heterocycles. The van der Waals surface area contributed by atoms with Gasteiger partial charge in [0.2, 0.25) is 0 Å². The molecule has 0 aliphatic rings. The fraction of sp³-hybridized carbons (Fsp3) is 0.333. The first-order chi connectivity index (χ1) is 7.71. The zero-order valence-corrected chi connectivity index (χ0v) is 10.7. The van der Waals surface area contributed by atoms with Crippen molar-refractivity contribution in [3.63, 3.8) is 0 Å². The summed E-state index contributed by atoms with van der Waals surface area (Å²) in [6.45, 7) is 1.32. The molecule has 2 N–H and O–H groups in total. The van der Waals surface area contributed by atoms with Gasteiger partial charge >= 0.3 is 12.1 Å². The molecule has 0 aliphatic heterocycles. The molecule has 94 valence electrons. The van der Waals surface area contributed by atoms with Crippen molar-refractivity contribution in [1.29, 1.82) is 0 Å². The third kappa shape index (κ3) is 3.72. The molecule has 8 heteroatoms. The lowest BCUT2D eigenvalue weighted by atomic mass is 10.3. The van der Waals surface area contributed by atoms with Crippen LogP contribution in [0.15, 0.2) is 12.1 Å². The van der Waals surface area contributed by atoms with Crippen LogP contribution in [0.2, 0.25) is 0 Å². The Morgan fingerprint density at radius 2 is 2.12 bits per heavy atom. The number of pyridine rings is 1. The van der Waals surface area contributed by atoms with Gasteiger partial charge in [0.1, 0.15) is 17.6 Å². The summed E-state index contributed by atoms with van der Waals surface area (Å²) < 4.78 is 37.6. The van der Waals surface area contributed by atoms with Crippen LogP contribution in [0.25, 0.3) is 0 Å². The van der Waals surface area contributed by atoms with Crippen molar-refractivity contribution >= 4 is 34.4 Å². The highest BCUT2D eigenvalue weighted by molar-refractivity contribution is 14.1. The van der Waals surface area contributed by atoms with Crippen LogP contribution in [0.3, 0.4) is 0 Å². The highest BCUT2D eigenvalue weighted by atomic mass is 127. The molecule has 0 saturated carbocycles. The standard InChI is InChI=1S/C9H8F3IN2O2/c1-4(8(16)17)14-7-5(13)2-3-6(15-7)9(10,11)12/h2-4H,1H3,(H,14,15)(H,16,17)/t4-/m0/s1. The number of hydrogen-bond acceptors (Lipinski definition) is 3. The molecule has 0 radical (unpaired) electrons. The third-order valence-electron chi connectivity index (χ3n) is 1.86. The predicted molar refractivity (Wildman–Crippen MR) is 62.7 cm³/mol. The lowest BCUT2D eigenvalue weighted by molar-refractivity contribution is -0.141. The lowest BCUT2D eigenvalue weighted by Gasteiger charge is -2.13. The molecule has 4 nitrogen and oxygen atoms in total. The fourth-order valence-corrected chi connectivity index (χ4v) is 1.42. The second kappa shape index (κ2) is 5.07. The molecule has 1 aromatic heterocycles. The van der Waals surface area contributed by atoms with E-state index >= 15 is 0 Å². The van der Waals surface area contributed by atoms with E-state index in [1.807, 2.05) is 0 Å². The number of anilines is 1. The smallest absolute Gasteiger partial charge is 0.433 e. The Bertz CT molecular complexity index is 437. The van der Waals surface area contributed by atoms with Gasteiger partial charge in [0.25, 0.3) is 0 Å². The Labute approximate surface area is 108 Å².